The molecule has 0 saturated carbocycles. The molecule has 26 heavy (non-hydrogen) atoms. The summed E-state index contributed by atoms with van der Waals surface area (Å²) >= 11 is 9.15. The maximum Gasteiger partial charge on any atom is 0.275 e. The molecule has 2 heterocycles. The topological polar surface area (TPSA) is 76.9 Å². The molecule has 134 valence electrons. The molecule has 0 aliphatic carbocycles. The fourth-order valence-electron chi connectivity index (χ4n) is 2.60. The summed E-state index contributed by atoms with van der Waals surface area (Å²) in [7, 11) is 0. The van der Waals surface area contributed by atoms with Gasteiger partial charge in [-0.1, -0.05) is 41.4 Å². The van der Waals surface area contributed by atoms with E-state index in [1.165, 1.54) is 10.9 Å². The van der Waals surface area contributed by atoms with E-state index in [0.717, 1.165) is 15.6 Å². The third kappa shape index (κ3) is 3.94. The molecule has 3 aromatic rings. The number of rotatable bonds is 4. The number of fused-ring (bicyclic) bond motifs is 1. The van der Waals surface area contributed by atoms with E-state index < -0.39 is 0 Å². The van der Waals surface area contributed by atoms with Gasteiger partial charge in [-0.3, -0.25) is 9.59 Å². The van der Waals surface area contributed by atoms with Crippen LogP contribution in [-0.2, 0) is 11.3 Å². The highest BCUT2D eigenvalue weighted by Crippen LogP contribution is 2.24. The van der Waals surface area contributed by atoms with Crippen LogP contribution >= 0.6 is 27.5 Å². The van der Waals surface area contributed by atoms with E-state index in [1.54, 1.807) is 24.3 Å². The summed E-state index contributed by atoms with van der Waals surface area (Å²) in [5.74, 6) is -0.267. The van der Waals surface area contributed by atoms with Crippen molar-refractivity contribution in [3.63, 3.8) is 0 Å². The van der Waals surface area contributed by atoms with E-state index in [1.807, 2.05) is 19.9 Å². The van der Waals surface area contributed by atoms with Crippen LogP contribution in [0.3, 0.4) is 0 Å². The first-order chi connectivity index (χ1) is 12.3. The second-order valence-corrected chi connectivity index (χ2v) is 7.41. The Balaban J connectivity index is 1.95. The lowest BCUT2D eigenvalue weighted by Crippen LogP contribution is -2.31. The van der Waals surface area contributed by atoms with Gasteiger partial charge in [0.15, 0.2) is 0 Å². The van der Waals surface area contributed by atoms with Gasteiger partial charge in [0.1, 0.15) is 11.7 Å². The van der Waals surface area contributed by atoms with Gasteiger partial charge in [0.2, 0.25) is 5.91 Å². The van der Waals surface area contributed by atoms with Crippen LogP contribution in [0.15, 0.2) is 45.8 Å². The summed E-state index contributed by atoms with van der Waals surface area (Å²) in [6.07, 6.45) is 1.45. The van der Waals surface area contributed by atoms with Gasteiger partial charge >= 0.3 is 0 Å². The minimum atomic E-state index is -0.366. The van der Waals surface area contributed by atoms with Crippen LogP contribution in [0.2, 0.25) is 5.15 Å². The molecule has 0 unspecified atom stereocenters. The molecule has 0 spiro atoms. The molecule has 0 aliphatic rings. The van der Waals surface area contributed by atoms with Crippen molar-refractivity contribution in [3.8, 4) is 0 Å². The zero-order valence-electron chi connectivity index (χ0n) is 14.2. The number of benzene rings is 1. The van der Waals surface area contributed by atoms with Crippen molar-refractivity contribution in [3.05, 3.63) is 62.2 Å². The molecule has 1 aromatic carbocycles. The number of halogens is 2. The molecule has 0 radical (unpaired) electrons. The lowest BCUT2D eigenvalue weighted by molar-refractivity contribution is -0.117. The molecule has 0 atom stereocenters. The van der Waals surface area contributed by atoms with E-state index in [2.05, 4.69) is 31.3 Å². The third-order valence-corrected chi connectivity index (χ3v) is 4.52. The Bertz CT molecular complexity index is 1030. The van der Waals surface area contributed by atoms with Crippen LogP contribution in [-0.4, -0.2) is 20.7 Å². The fraction of sp³-hybridized carbons (Fsp3) is 0.222. The lowest BCUT2D eigenvalue weighted by atomic mass is 10.0. The Kier molecular flexibility index (Phi) is 5.38. The number of aromatic nitrogens is 3. The number of anilines is 1. The van der Waals surface area contributed by atoms with Gasteiger partial charge in [-0.2, -0.15) is 5.10 Å². The number of carbonyl (C=O) groups excluding carboxylic acids is 1. The van der Waals surface area contributed by atoms with Crippen molar-refractivity contribution in [1.29, 1.82) is 0 Å². The average molecular weight is 436 g/mol. The molecule has 1 amide bonds. The Morgan fingerprint density at radius 3 is 2.69 bits per heavy atom. The molecule has 3 rings (SSSR count). The number of amides is 1. The Morgan fingerprint density at radius 1 is 1.27 bits per heavy atom. The standard InChI is InChI=1S/C18H16BrClN4O2/c1-10(2)17-14-7-11(19)3-5-13(14)18(26)24(23-17)9-16(25)22-12-4-6-15(20)21-8-12/h3-8,10H,9H2,1-2H3,(H,22,25). The third-order valence-electron chi connectivity index (χ3n) is 3.80. The zero-order chi connectivity index (χ0) is 18.8. The largest absolute Gasteiger partial charge is 0.323 e. The molecule has 6 nitrogen and oxygen atoms in total. The number of hydrogen-bond acceptors (Lipinski definition) is 4. The predicted molar refractivity (Wildman–Crippen MR) is 106 cm³/mol. The van der Waals surface area contributed by atoms with Crippen molar-refractivity contribution in [2.24, 2.45) is 0 Å². The van der Waals surface area contributed by atoms with E-state index in [4.69, 9.17) is 11.6 Å². The molecular formula is C18H16BrClN4O2. The molecule has 0 saturated heterocycles. The number of carbonyl (C=O) groups is 1. The minimum Gasteiger partial charge on any atom is -0.323 e. The second-order valence-electron chi connectivity index (χ2n) is 6.11. The minimum absolute atomic E-state index is 0.0992. The first kappa shape index (κ1) is 18.5. The SMILES string of the molecule is CC(C)c1nn(CC(=O)Nc2ccc(Cl)nc2)c(=O)c2ccc(Br)cc12. The average Bonchev–Trinajstić information content (AvgIpc) is 2.59. The summed E-state index contributed by atoms with van der Waals surface area (Å²) < 4.78 is 2.07. The van der Waals surface area contributed by atoms with Gasteiger partial charge in [-0.05, 0) is 36.2 Å². The first-order valence-electron chi connectivity index (χ1n) is 7.97. The van der Waals surface area contributed by atoms with Gasteiger partial charge in [-0.25, -0.2) is 9.67 Å². The summed E-state index contributed by atoms with van der Waals surface area (Å²) in [6, 6.07) is 8.64. The molecule has 8 heteroatoms. The van der Waals surface area contributed by atoms with Crippen molar-refractivity contribution >= 4 is 49.9 Å². The van der Waals surface area contributed by atoms with Gasteiger partial charge in [-0.15, -0.1) is 0 Å². The van der Waals surface area contributed by atoms with Crippen molar-refractivity contribution in [1.82, 2.24) is 14.8 Å². The fourth-order valence-corrected chi connectivity index (χ4v) is 3.08. The van der Waals surface area contributed by atoms with Gasteiger partial charge in [0.25, 0.3) is 5.56 Å². The Labute approximate surface area is 163 Å². The van der Waals surface area contributed by atoms with Crippen LogP contribution in [0.25, 0.3) is 10.8 Å². The van der Waals surface area contributed by atoms with Crippen LogP contribution in [0.1, 0.15) is 25.5 Å². The number of nitrogens with zero attached hydrogens (tertiary/aromatic N) is 3. The molecule has 0 aliphatic heterocycles. The second kappa shape index (κ2) is 7.55. The number of nitrogens with one attached hydrogen (secondary N) is 1. The predicted octanol–water partition coefficient (Wildman–Crippen LogP) is 3.97. The van der Waals surface area contributed by atoms with E-state index in [0.29, 0.717) is 16.2 Å². The summed E-state index contributed by atoms with van der Waals surface area (Å²) in [4.78, 5) is 28.9. The van der Waals surface area contributed by atoms with Gasteiger partial charge in [0, 0.05) is 9.86 Å². The van der Waals surface area contributed by atoms with Crippen LogP contribution in [0.5, 0.6) is 0 Å². The Morgan fingerprint density at radius 2 is 2.04 bits per heavy atom. The smallest absolute Gasteiger partial charge is 0.275 e. The Hall–Kier alpha value is -2.25. The van der Waals surface area contributed by atoms with E-state index in [-0.39, 0.29) is 23.9 Å². The van der Waals surface area contributed by atoms with Crippen LogP contribution in [0, 0.1) is 0 Å². The maximum atomic E-state index is 12.7. The lowest BCUT2D eigenvalue weighted by Gasteiger charge is -2.13. The normalized spacial score (nSPS) is 11.1. The van der Waals surface area contributed by atoms with E-state index >= 15 is 0 Å². The first-order valence-corrected chi connectivity index (χ1v) is 9.14. The zero-order valence-corrected chi connectivity index (χ0v) is 16.5. The summed E-state index contributed by atoms with van der Waals surface area (Å²) in [5, 5.41) is 8.77. The van der Waals surface area contributed by atoms with Crippen LogP contribution in [0.4, 0.5) is 5.69 Å². The number of pyridine rings is 1. The quantitative estimate of drug-likeness (QED) is 0.629. The molecule has 1 N–H and O–H groups in total. The van der Waals surface area contributed by atoms with Crippen molar-refractivity contribution < 1.29 is 4.79 Å². The van der Waals surface area contributed by atoms with Crippen LogP contribution < -0.4 is 10.9 Å². The monoisotopic (exact) mass is 434 g/mol. The molecule has 0 fully saturated rings. The van der Waals surface area contributed by atoms with Crippen molar-refractivity contribution in [2.45, 2.75) is 26.3 Å². The summed E-state index contributed by atoms with van der Waals surface area (Å²) in [6.45, 7) is 3.81. The van der Waals surface area contributed by atoms with Gasteiger partial charge < -0.3 is 5.32 Å². The highest BCUT2D eigenvalue weighted by molar-refractivity contribution is 9.10. The summed E-state index contributed by atoms with van der Waals surface area (Å²) in [5.41, 5.74) is 0.962. The van der Waals surface area contributed by atoms with E-state index in [9.17, 15) is 9.59 Å². The molecular weight excluding hydrogens is 420 g/mol. The highest BCUT2D eigenvalue weighted by atomic mass is 79.9. The molecule has 2 aromatic heterocycles. The van der Waals surface area contributed by atoms with Gasteiger partial charge in [0.05, 0.1) is 23.0 Å². The highest BCUT2D eigenvalue weighted by Gasteiger charge is 2.15. The van der Waals surface area contributed by atoms with Crippen molar-refractivity contribution in [2.75, 3.05) is 5.32 Å². The number of hydrogen-bond donors (Lipinski definition) is 1. The maximum absolute atomic E-state index is 12.7. The molecule has 0 bridgehead atoms.